The maximum atomic E-state index is 12.9. The van der Waals surface area contributed by atoms with Gasteiger partial charge < -0.3 is 5.32 Å². The maximum Gasteiger partial charge on any atom is 0.263 e. The predicted molar refractivity (Wildman–Crippen MR) is 131 cm³/mol. The zero-order valence-corrected chi connectivity index (χ0v) is 19.1. The molecule has 0 aliphatic heterocycles. The summed E-state index contributed by atoms with van der Waals surface area (Å²) in [5.74, 6) is 0.973. The molecule has 0 radical (unpaired) electrons. The third-order valence-electron chi connectivity index (χ3n) is 4.37. The molecule has 31 heavy (non-hydrogen) atoms. The van der Waals surface area contributed by atoms with Gasteiger partial charge in [0, 0.05) is 23.1 Å². The number of rotatable bonds is 9. The highest BCUT2D eigenvalue weighted by atomic mass is 35.5. The second kappa shape index (κ2) is 12.3. The molecule has 0 spiro atoms. The lowest BCUT2D eigenvalue weighted by atomic mass is 10.2. The van der Waals surface area contributed by atoms with Crippen LogP contribution < -0.4 is 5.32 Å². The third-order valence-corrected chi connectivity index (χ3v) is 7.33. The Morgan fingerprint density at radius 3 is 1.87 bits per heavy atom. The van der Waals surface area contributed by atoms with Crippen molar-refractivity contribution >= 4 is 41.0 Å². The van der Waals surface area contributed by atoms with Crippen molar-refractivity contribution in [1.29, 1.82) is 5.26 Å². The van der Waals surface area contributed by atoms with Crippen LogP contribution >= 0.6 is 35.1 Å². The lowest BCUT2D eigenvalue weighted by Gasteiger charge is -2.12. The van der Waals surface area contributed by atoms with Crippen LogP contribution in [0.3, 0.4) is 0 Å². The quantitative estimate of drug-likeness (QED) is 0.288. The summed E-state index contributed by atoms with van der Waals surface area (Å²) in [5, 5.41) is 13.2. The average Bonchev–Trinajstić information content (AvgIpc) is 2.81. The highest BCUT2D eigenvalue weighted by Crippen LogP contribution is 2.36. The van der Waals surface area contributed by atoms with E-state index in [9.17, 15) is 10.1 Å². The van der Waals surface area contributed by atoms with Gasteiger partial charge in [0.2, 0.25) is 0 Å². The second-order valence-corrected chi connectivity index (χ2v) is 9.23. The Morgan fingerprint density at radius 2 is 1.35 bits per heavy atom. The first-order valence-electron chi connectivity index (χ1n) is 9.67. The monoisotopic (exact) mass is 464 g/mol. The lowest BCUT2D eigenvalue weighted by Crippen LogP contribution is -2.24. The molecule has 0 saturated carbocycles. The van der Waals surface area contributed by atoms with E-state index in [-0.39, 0.29) is 12.1 Å². The van der Waals surface area contributed by atoms with Crippen LogP contribution in [0.2, 0.25) is 5.02 Å². The highest BCUT2D eigenvalue weighted by molar-refractivity contribution is 8.21. The summed E-state index contributed by atoms with van der Waals surface area (Å²) in [5.41, 5.74) is 3.22. The number of nitrogens with one attached hydrogen (secondary N) is 1. The van der Waals surface area contributed by atoms with Crippen molar-refractivity contribution in [1.82, 2.24) is 5.32 Å². The molecule has 0 heterocycles. The van der Waals surface area contributed by atoms with Crippen LogP contribution in [0.15, 0.2) is 94.7 Å². The van der Waals surface area contributed by atoms with Gasteiger partial charge in [0.05, 0.1) is 4.24 Å². The van der Waals surface area contributed by atoms with Gasteiger partial charge in [0.15, 0.2) is 0 Å². The molecule has 6 heteroatoms. The molecular weight excluding hydrogens is 444 g/mol. The Labute approximate surface area is 196 Å². The van der Waals surface area contributed by atoms with Crippen LogP contribution in [-0.2, 0) is 22.8 Å². The number of amides is 1. The topological polar surface area (TPSA) is 52.9 Å². The van der Waals surface area contributed by atoms with E-state index in [0.29, 0.717) is 20.8 Å². The summed E-state index contributed by atoms with van der Waals surface area (Å²) in [6.07, 6.45) is 0. The molecule has 0 aliphatic carbocycles. The van der Waals surface area contributed by atoms with Gasteiger partial charge in [-0.1, -0.05) is 90.5 Å². The van der Waals surface area contributed by atoms with Gasteiger partial charge in [-0.05, 0) is 22.8 Å². The summed E-state index contributed by atoms with van der Waals surface area (Å²) >= 11 is 9.21. The van der Waals surface area contributed by atoms with Gasteiger partial charge in [-0.15, -0.1) is 23.5 Å². The van der Waals surface area contributed by atoms with Gasteiger partial charge >= 0.3 is 0 Å². The van der Waals surface area contributed by atoms with E-state index in [4.69, 9.17) is 11.6 Å². The number of nitriles is 1. The average molecular weight is 465 g/mol. The van der Waals surface area contributed by atoms with E-state index in [1.807, 2.05) is 78.9 Å². The minimum atomic E-state index is -0.390. The van der Waals surface area contributed by atoms with Crippen molar-refractivity contribution in [3.05, 3.63) is 116 Å². The Bertz CT molecular complexity index is 1030. The Morgan fingerprint density at radius 1 is 0.839 bits per heavy atom. The maximum absolute atomic E-state index is 12.9. The Hall–Kier alpha value is -2.65. The van der Waals surface area contributed by atoms with Crippen LogP contribution in [0.25, 0.3) is 0 Å². The van der Waals surface area contributed by atoms with Gasteiger partial charge in [-0.25, -0.2) is 0 Å². The van der Waals surface area contributed by atoms with E-state index < -0.39 is 5.91 Å². The summed E-state index contributed by atoms with van der Waals surface area (Å²) in [7, 11) is 0. The zero-order valence-electron chi connectivity index (χ0n) is 16.8. The Balaban J connectivity index is 1.77. The largest absolute Gasteiger partial charge is 0.347 e. The predicted octanol–water partition coefficient (Wildman–Crippen LogP) is 6.56. The Kier molecular flexibility index (Phi) is 9.11. The number of hydrogen-bond donors (Lipinski definition) is 1. The molecule has 3 aromatic rings. The number of benzene rings is 3. The molecule has 3 aromatic carbocycles. The highest BCUT2D eigenvalue weighted by Gasteiger charge is 2.17. The molecule has 0 aromatic heterocycles. The minimum Gasteiger partial charge on any atom is -0.347 e. The number of carbonyl (C=O) groups is 1. The van der Waals surface area contributed by atoms with E-state index in [1.54, 1.807) is 6.07 Å². The molecule has 0 atom stereocenters. The molecule has 1 N–H and O–H groups in total. The fourth-order valence-electron chi connectivity index (χ4n) is 2.73. The van der Waals surface area contributed by atoms with E-state index in [2.05, 4.69) is 11.4 Å². The van der Waals surface area contributed by atoms with E-state index >= 15 is 0 Å². The number of halogens is 1. The molecule has 1 amide bonds. The van der Waals surface area contributed by atoms with Crippen molar-refractivity contribution in [3.63, 3.8) is 0 Å². The molecule has 0 fully saturated rings. The fourth-order valence-corrected chi connectivity index (χ4v) is 5.16. The van der Waals surface area contributed by atoms with Crippen LogP contribution in [0.1, 0.15) is 16.7 Å². The first kappa shape index (κ1) is 23.0. The number of thioether (sulfide) groups is 2. The standard InChI is InChI=1S/C25H21ClN2OS2/c26-23-14-8-7-13-21(23)16-28-24(29)22(15-27)25(30-17-19-9-3-1-4-10-19)31-18-20-11-5-2-6-12-20/h1-14H,16-18H2,(H,28,29). The first-order valence-corrected chi connectivity index (χ1v) is 12.0. The summed E-state index contributed by atoms with van der Waals surface area (Å²) in [6, 6.07) is 29.5. The van der Waals surface area contributed by atoms with Gasteiger partial charge in [0.1, 0.15) is 11.6 Å². The summed E-state index contributed by atoms with van der Waals surface area (Å²) < 4.78 is 0.715. The summed E-state index contributed by atoms with van der Waals surface area (Å²) in [4.78, 5) is 12.9. The smallest absolute Gasteiger partial charge is 0.263 e. The van der Waals surface area contributed by atoms with Gasteiger partial charge in [-0.2, -0.15) is 5.26 Å². The normalized spacial score (nSPS) is 10.2. The first-order chi connectivity index (χ1) is 15.2. The van der Waals surface area contributed by atoms with Crippen LogP contribution in [0, 0.1) is 11.3 Å². The molecule has 156 valence electrons. The third kappa shape index (κ3) is 7.22. The van der Waals surface area contributed by atoms with Gasteiger partial charge in [0.25, 0.3) is 5.91 Å². The molecular formula is C25H21ClN2OS2. The van der Waals surface area contributed by atoms with Gasteiger partial charge in [-0.3, -0.25) is 4.79 Å². The molecule has 0 aliphatic rings. The van der Waals surface area contributed by atoms with Crippen molar-refractivity contribution < 1.29 is 4.79 Å². The molecule has 3 rings (SSSR count). The van der Waals surface area contributed by atoms with Crippen molar-refractivity contribution in [2.24, 2.45) is 0 Å². The molecule has 0 bridgehead atoms. The SMILES string of the molecule is N#CC(C(=O)NCc1ccccc1Cl)=C(SCc1ccccc1)SCc1ccccc1. The van der Waals surface area contributed by atoms with Crippen LogP contribution in [0.4, 0.5) is 0 Å². The van der Waals surface area contributed by atoms with E-state index in [1.165, 1.54) is 23.5 Å². The lowest BCUT2D eigenvalue weighted by molar-refractivity contribution is -0.117. The second-order valence-electron chi connectivity index (χ2n) is 6.60. The molecule has 0 unspecified atom stereocenters. The van der Waals surface area contributed by atoms with Crippen molar-refractivity contribution in [3.8, 4) is 6.07 Å². The minimum absolute atomic E-state index is 0.133. The fraction of sp³-hybridized carbons (Fsp3) is 0.120. The van der Waals surface area contributed by atoms with Crippen LogP contribution in [-0.4, -0.2) is 5.91 Å². The van der Waals surface area contributed by atoms with E-state index in [0.717, 1.165) is 16.7 Å². The van der Waals surface area contributed by atoms with Crippen LogP contribution in [0.5, 0.6) is 0 Å². The number of hydrogen-bond acceptors (Lipinski definition) is 4. The number of carbonyl (C=O) groups excluding carboxylic acids is 1. The van der Waals surface area contributed by atoms with Crippen molar-refractivity contribution in [2.75, 3.05) is 0 Å². The van der Waals surface area contributed by atoms with Crippen molar-refractivity contribution in [2.45, 2.75) is 18.1 Å². The molecule has 0 saturated heterocycles. The molecule has 3 nitrogen and oxygen atoms in total. The summed E-state index contributed by atoms with van der Waals surface area (Å²) in [6.45, 7) is 0.268. The zero-order chi connectivity index (χ0) is 21.9. The number of nitrogens with zero attached hydrogens (tertiary/aromatic N) is 1.